The minimum absolute atomic E-state index is 0.105. The summed E-state index contributed by atoms with van der Waals surface area (Å²) in [6.07, 6.45) is 1.70. The standard InChI is InChI=1S/C11H15ClN4O/c1-7(6-17)8(2)13-11-14-10-4-3-9(12)5-16(10)15-11/h3-5,7-8,17H,6H2,1-2H3,(H,13,15). The Morgan fingerprint density at radius 3 is 2.94 bits per heavy atom. The van der Waals surface area contributed by atoms with Crippen LogP contribution < -0.4 is 5.32 Å². The van der Waals surface area contributed by atoms with Crippen LogP contribution in [0.2, 0.25) is 5.02 Å². The molecule has 6 heteroatoms. The van der Waals surface area contributed by atoms with Gasteiger partial charge in [0.25, 0.3) is 0 Å². The summed E-state index contributed by atoms with van der Waals surface area (Å²) in [7, 11) is 0. The highest BCUT2D eigenvalue weighted by molar-refractivity contribution is 6.30. The van der Waals surface area contributed by atoms with E-state index < -0.39 is 0 Å². The molecule has 2 unspecified atom stereocenters. The number of halogens is 1. The van der Waals surface area contributed by atoms with Gasteiger partial charge >= 0.3 is 0 Å². The molecule has 0 aliphatic carbocycles. The molecule has 0 spiro atoms. The molecule has 0 bridgehead atoms. The number of nitrogens with one attached hydrogen (secondary N) is 1. The highest BCUT2D eigenvalue weighted by Crippen LogP contribution is 2.13. The van der Waals surface area contributed by atoms with Crippen LogP contribution in [-0.2, 0) is 0 Å². The Morgan fingerprint density at radius 1 is 1.47 bits per heavy atom. The van der Waals surface area contributed by atoms with Crippen LogP contribution in [0, 0.1) is 5.92 Å². The molecule has 92 valence electrons. The second-order valence-electron chi connectivity index (χ2n) is 4.18. The second kappa shape index (κ2) is 4.89. The molecule has 2 aromatic heterocycles. The van der Waals surface area contributed by atoms with Crippen LogP contribution in [0.3, 0.4) is 0 Å². The van der Waals surface area contributed by atoms with Crippen molar-refractivity contribution in [1.29, 1.82) is 0 Å². The second-order valence-corrected chi connectivity index (χ2v) is 4.61. The molecule has 0 aromatic carbocycles. The Bertz CT molecular complexity index is 513. The van der Waals surface area contributed by atoms with Gasteiger partial charge in [0.1, 0.15) is 0 Å². The molecule has 0 fully saturated rings. The molecule has 0 aliphatic heterocycles. The van der Waals surface area contributed by atoms with Crippen LogP contribution in [0.4, 0.5) is 5.95 Å². The first-order chi connectivity index (χ1) is 8.10. The van der Waals surface area contributed by atoms with Gasteiger partial charge in [-0.25, -0.2) is 4.52 Å². The van der Waals surface area contributed by atoms with Crippen LogP contribution >= 0.6 is 11.6 Å². The number of aliphatic hydroxyl groups is 1. The summed E-state index contributed by atoms with van der Waals surface area (Å²) in [6, 6.07) is 3.68. The SMILES string of the molecule is CC(CO)C(C)Nc1nc2ccc(Cl)cn2n1. The summed E-state index contributed by atoms with van der Waals surface area (Å²) in [5.74, 6) is 0.685. The first-order valence-electron chi connectivity index (χ1n) is 5.49. The van der Waals surface area contributed by atoms with E-state index in [4.69, 9.17) is 16.7 Å². The minimum Gasteiger partial charge on any atom is -0.396 e. The van der Waals surface area contributed by atoms with E-state index in [2.05, 4.69) is 15.4 Å². The number of fused-ring (bicyclic) bond motifs is 1. The number of anilines is 1. The molecule has 0 aliphatic rings. The van der Waals surface area contributed by atoms with Crippen molar-refractivity contribution >= 4 is 23.2 Å². The summed E-state index contributed by atoms with van der Waals surface area (Å²) < 4.78 is 1.63. The van der Waals surface area contributed by atoms with Gasteiger partial charge in [0.2, 0.25) is 5.95 Å². The third-order valence-electron chi connectivity index (χ3n) is 2.79. The largest absolute Gasteiger partial charge is 0.396 e. The van der Waals surface area contributed by atoms with Gasteiger partial charge in [0.15, 0.2) is 5.65 Å². The first-order valence-corrected chi connectivity index (χ1v) is 5.87. The van der Waals surface area contributed by atoms with Gasteiger partial charge in [-0.1, -0.05) is 18.5 Å². The third kappa shape index (κ3) is 2.68. The predicted octanol–water partition coefficient (Wildman–Crippen LogP) is 1.81. The third-order valence-corrected chi connectivity index (χ3v) is 3.02. The fourth-order valence-electron chi connectivity index (χ4n) is 1.42. The maximum absolute atomic E-state index is 9.06. The van der Waals surface area contributed by atoms with Crippen molar-refractivity contribution in [2.75, 3.05) is 11.9 Å². The van der Waals surface area contributed by atoms with Gasteiger partial charge in [-0.05, 0) is 25.0 Å². The van der Waals surface area contributed by atoms with E-state index in [1.807, 2.05) is 13.8 Å². The Morgan fingerprint density at radius 2 is 2.24 bits per heavy atom. The fraction of sp³-hybridized carbons (Fsp3) is 0.455. The zero-order valence-corrected chi connectivity index (χ0v) is 10.5. The summed E-state index contributed by atoms with van der Waals surface area (Å²) in [5, 5.41) is 17.1. The number of rotatable bonds is 4. The number of hydrogen-bond acceptors (Lipinski definition) is 4. The Labute approximate surface area is 104 Å². The van der Waals surface area contributed by atoms with Crippen molar-refractivity contribution in [3.8, 4) is 0 Å². The smallest absolute Gasteiger partial charge is 0.243 e. The summed E-state index contributed by atoms with van der Waals surface area (Å²) in [5.41, 5.74) is 0.737. The highest BCUT2D eigenvalue weighted by Gasteiger charge is 2.13. The average molecular weight is 255 g/mol. The Balaban J connectivity index is 2.19. The van der Waals surface area contributed by atoms with Crippen LogP contribution in [0.5, 0.6) is 0 Å². The van der Waals surface area contributed by atoms with Gasteiger partial charge in [-0.2, -0.15) is 4.98 Å². The molecule has 0 saturated carbocycles. The van der Waals surface area contributed by atoms with Gasteiger partial charge in [0, 0.05) is 18.8 Å². The Kier molecular flexibility index (Phi) is 3.49. The van der Waals surface area contributed by atoms with Gasteiger partial charge in [0.05, 0.1) is 5.02 Å². The van der Waals surface area contributed by atoms with Crippen LogP contribution in [0.25, 0.3) is 5.65 Å². The number of aliphatic hydroxyl groups excluding tert-OH is 1. The van der Waals surface area contributed by atoms with E-state index in [1.54, 1.807) is 22.8 Å². The monoisotopic (exact) mass is 254 g/mol. The van der Waals surface area contributed by atoms with E-state index in [0.717, 1.165) is 5.65 Å². The molecule has 0 radical (unpaired) electrons. The fourth-order valence-corrected chi connectivity index (χ4v) is 1.58. The topological polar surface area (TPSA) is 62.5 Å². The van der Waals surface area contributed by atoms with E-state index in [-0.39, 0.29) is 18.6 Å². The minimum atomic E-state index is 0.105. The zero-order valence-electron chi connectivity index (χ0n) is 9.76. The number of hydrogen-bond donors (Lipinski definition) is 2. The van der Waals surface area contributed by atoms with Crippen molar-refractivity contribution < 1.29 is 5.11 Å². The van der Waals surface area contributed by atoms with Crippen LogP contribution in [-0.4, -0.2) is 32.4 Å². The molecule has 2 heterocycles. The van der Waals surface area contributed by atoms with Crippen LogP contribution in [0.1, 0.15) is 13.8 Å². The molecule has 2 rings (SSSR count). The first kappa shape index (κ1) is 12.1. The van der Waals surface area contributed by atoms with Crippen molar-refractivity contribution in [3.05, 3.63) is 23.4 Å². The van der Waals surface area contributed by atoms with Gasteiger partial charge < -0.3 is 10.4 Å². The molecule has 0 amide bonds. The van der Waals surface area contributed by atoms with Crippen molar-refractivity contribution in [3.63, 3.8) is 0 Å². The Hall–Kier alpha value is -1.33. The summed E-state index contributed by atoms with van der Waals surface area (Å²) in [6.45, 7) is 4.08. The molecule has 17 heavy (non-hydrogen) atoms. The van der Waals surface area contributed by atoms with Crippen LogP contribution in [0.15, 0.2) is 18.3 Å². The summed E-state index contributed by atoms with van der Waals surface area (Å²) in [4.78, 5) is 4.31. The molecule has 5 nitrogen and oxygen atoms in total. The van der Waals surface area contributed by atoms with E-state index in [9.17, 15) is 0 Å². The lowest BCUT2D eigenvalue weighted by atomic mass is 10.1. The molecule has 2 aromatic rings. The lowest BCUT2D eigenvalue weighted by Gasteiger charge is -2.17. The molecular weight excluding hydrogens is 240 g/mol. The maximum Gasteiger partial charge on any atom is 0.243 e. The normalized spacial score (nSPS) is 14.8. The quantitative estimate of drug-likeness (QED) is 0.874. The van der Waals surface area contributed by atoms with E-state index >= 15 is 0 Å². The average Bonchev–Trinajstić information content (AvgIpc) is 2.69. The van der Waals surface area contributed by atoms with Crippen molar-refractivity contribution in [2.24, 2.45) is 5.92 Å². The summed E-state index contributed by atoms with van der Waals surface area (Å²) >= 11 is 5.86. The lowest BCUT2D eigenvalue weighted by molar-refractivity contribution is 0.226. The molecule has 2 N–H and O–H groups in total. The number of pyridine rings is 1. The number of aromatic nitrogens is 3. The lowest BCUT2D eigenvalue weighted by Crippen LogP contribution is -2.26. The van der Waals surface area contributed by atoms with E-state index in [1.165, 1.54) is 0 Å². The molecule has 2 atom stereocenters. The van der Waals surface area contributed by atoms with Crippen molar-refractivity contribution in [2.45, 2.75) is 19.9 Å². The van der Waals surface area contributed by atoms with E-state index in [0.29, 0.717) is 11.0 Å². The zero-order chi connectivity index (χ0) is 12.4. The predicted molar refractivity (Wildman–Crippen MR) is 67.3 cm³/mol. The molecule has 0 saturated heterocycles. The van der Waals surface area contributed by atoms with Gasteiger partial charge in [-0.3, -0.25) is 0 Å². The van der Waals surface area contributed by atoms with Crippen molar-refractivity contribution in [1.82, 2.24) is 14.6 Å². The molecular formula is C11H15ClN4O. The number of nitrogens with zero attached hydrogens (tertiary/aromatic N) is 3. The maximum atomic E-state index is 9.06. The van der Waals surface area contributed by atoms with Gasteiger partial charge in [-0.15, -0.1) is 5.10 Å². The highest BCUT2D eigenvalue weighted by atomic mass is 35.5.